The fourth-order valence-electron chi connectivity index (χ4n) is 2.29. The van der Waals surface area contributed by atoms with Crippen molar-refractivity contribution in [3.8, 4) is 11.5 Å². The highest BCUT2D eigenvalue weighted by molar-refractivity contribution is 5.94. The summed E-state index contributed by atoms with van der Waals surface area (Å²) in [5, 5.41) is 3.24. The largest absolute Gasteiger partial charge is 0.457 e. The van der Waals surface area contributed by atoms with E-state index in [0.29, 0.717) is 17.1 Å². The van der Waals surface area contributed by atoms with E-state index in [2.05, 4.69) is 10.3 Å². The summed E-state index contributed by atoms with van der Waals surface area (Å²) in [6.07, 6.45) is 3.34. The number of nitrogens with zero attached hydrogens (tertiary/aromatic N) is 2. The number of nitrogens with one attached hydrogen (secondary N) is 1. The quantitative estimate of drug-likeness (QED) is 0.935. The van der Waals surface area contributed by atoms with Crippen molar-refractivity contribution in [1.29, 1.82) is 0 Å². The smallest absolute Gasteiger partial charge is 0.254 e. The van der Waals surface area contributed by atoms with E-state index in [9.17, 15) is 4.79 Å². The van der Waals surface area contributed by atoms with Crippen molar-refractivity contribution in [3.63, 3.8) is 0 Å². The van der Waals surface area contributed by atoms with Crippen LogP contribution in [0.5, 0.6) is 11.5 Å². The van der Waals surface area contributed by atoms with Gasteiger partial charge in [-0.2, -0.15) is 0 Å². The Kier molecular flexibility index (Phi) is 4.12. The average molecular weight is 283 g/mol. The van der Waals surface area contributed by atoms with Gasteiger partial charge in [-0.15, -0.1) is 0 Å². The van der Waals surface area contributed by atoms with Crippen LogP contribution in [0, 0.1) is 0 Å². The summed E-state index contributed by atoms with van der Waals surface area (Å²) in [6.45, 7) is 3.18. The Hall–Kier alpha value is -2.40. The van der Waals surface area contributed by atoms with E-state index >= 15 is 0 Å². The zero-order valence-corrected chi connectivity index (χ0v) is 11.7. The summed E-state index contributed by atoms with van der Waals surface area (Å²) in [4.78, 5) is 18.2. The van der Waals surface area contributed by atoms with Crippen LogP contribution in [-0.2, 0) is 0 Å². The van der Waals surface area contributed by atoms with E-state index in [0.717, 1.165) is 26.2 Å². The minimum absolute atomic E-state index is 0.0525. The maximum absolute atomic E-state index is 12.4. The van der Waals surface area contributed by atoms with Crippen molar-refractivity contribution in [2.24, 2.45) is 0 Å². The second-order valence-electron chi connectivity index (χ2n) is 4.86. The van der Waals surface area contributed by atoms with Crippen LogP contribution in [0.4, 0.5) is 0 Å². The van der Waals surface area contributed by atoms with E-state index in [1.807, 2.05) is 23.1 Å². The second-order valence-corrected chi connectivity index (χ2v) is 4.86. The molecule has 0 unspecified atom stereocenters. The number of pyridine rings is 1. The number of benzene rings is 1. The SMILES string of the molecule is O=C(c1cccc(Oc2ccncc2)c1)N1CCNCC1. The lowest BCUT2D eigenvalue weighted by Crippen LogP contribution is -2.46. The van der Waals surface area contributed by atoms with Gasteiger partial charge in [-0.25, -0.2) is 0 Å². The Morgan fingerprint density at radius 3 is 2.62 bits per heavy atom. The number of piperazine rings is 1. The van der Waals surface area contributed by atoms with Crippen molar-refractivity contribution in [2.45, 2.75) is 0 Å². The normalized spacial score (nSPS) is 14.8. The summed E-state index contributed by atoms with van der Waals surface area (Å²) in [5.41, 5.74) is 0.656. The van der Waals surface area contributed by atoms with Gasteiger partial charge in [-0.3, -0.25) is 9.78 Å². The summed E-state index contributed by atoms with van der Waals surface area (Å²) < 4.78 is 5.73. The van der Waals surface area contributed by atoms with Gasteiger partial charge < -0.3 is 15.0 Å². The standard InChI is InChI=1S/C16H17N3O2/c20-16(19-10-8-18-9-11-19)13-2-1-3-15(12-13)21-14-4-6-17-7-5-14/h1-7,12,18H,8-11H2. The van der Waals surface area contributed by atoms with Gasteiger partial charge >= 0.3 is 0 Å². The van der Waals surface area contributed by atoms with E-state index in [-0.39, 0.29) is 5.91 Å². The minimum atomic E-state index is 0.0525. The molecule has 1 aliphatic rings. The molecule has 1 fully saturated rings. The van der Waals surface area contributed by atoms with Crippen molar-refractivity contribution < 1.29 is 9.53 Å². The number of carbonyl (C=O) groups is 1. The molecule has 0 bridgehead atoms. The zero-order chi connectivity index (χ0) is 14.5. The van der Waals surface area contributed by atoms with E-state index in [4.69, 9.17) is 4.74 Å². The number of hydrogen-bond acceptors (Lipinski definition) is 4. The van der Waals surface area contributed by atoms with Crippen LogP contribution < -0.4 is 10.1 Å². The summed E-state index contributed by atoms with van der Waals surface area (Å²) in [6, 6.07) is 10.9. The van der Waals surface area contributed by atoms with E-state index in [1.54, 1.807) is 30.6 Å². The van der Waals surface area contributed by atoms with Gasteiger partial charge in [-0.1, -0.05) is 6.07 Å². The second kappa shape index (κ2) is 6.37. The third kappa shape index (κ3) is 3.38. The van der Waals surface area contributed by atoms with Crippen LogP contribution in [0.3, 0.4) is 0 Å². The topological polar surface area (TPSA) is 54.5 Å². The predicted octanol–water partition coefficient (Wildman–Crippen LogP) is 1.92. The Morgan fingerprint density at radius 2 is 1.86 bits per heavy atom. The molecule has 108 valence electrons. The highest BCUT2D eigenvalue weighted by atomic mass is 16.5. The lowest BCUT2D eigenvalue weighted by molar-refractivity contribution is 0.0735. The number of carbonyl (C=O) groups excluding carboxylic acids is 1. The maximum Gasteiger partial charge on any atom is 0.254 e. The highest BCUT2D eigenvalue weighted by Crippen LogP contribution is 2.22. The van der Waals surface area contributed by atoms with Crippen LogP contribution in [0.15, 0.2) is 48.8 Å². The zero-order valence-electron chi connectivity index (χ0n) is 11.7. The molecule has 2 heterocycles. The Balaban J connectivity index is 1.75. The molecule has 5 heteroatoms. The molecule has 0 atom stereocenters. The molecule has 1 N–H and O–H groups in total. The van der Waals surface area contributed by atoms with Gasteiger partial charge in [0, 0.05) is 44.1 Å². The Bertz CT molecular complexity index is 610. The van der Waals surface area contributed by atoms with Crippen molar-refractivity contribution in [3.05, 3.63) is 54.4 Å². The molecule has 0 spiro atoms. The van der Waals surface area contributed by atoms with Crippen molar-refractivity contribution in [2.75, 3.05) is 26.2 Å². The van der Waals surface area contributed by atoms with Crippen LogP contribution in [0.2, 0.25) is 0 Å². The molecule has 3 rings (SSSR count). The lowest BCUT2D eigenvalue weighted by Gasteiger charge is -2.27. The monoisotopic (exact) mass is 283 g/mol. The van der Waals surface area contributed by atoms with Crippen LogP contribution >= 0.6 is 0 Å². The lowest BCUT2D eigenvalue weighted by atomic mass is 10.1. The van der Waals surface area contributed by atoms with E-state index in [1.165, 1.54) is 0 Å². The van der Waals surface area contributed by atoms with Gasteiger partial charge in [-0.05, 0) is 30.3 Å². The Labute approximate surface area is 123 Å². The number of rotatable bonds is 3. The molecule has 1 aromatic carbocycles. The van der Waals surface area contributed by atoms with Gasteiger partial charge in [0.05, 0.1) is 0 Å². The molecular formula is C16H17N3O2. The van der Waals surface area contributed by atoms with Crippen LogP contribution in [0.1, 0.15) is 10.4 Å². The molecule has 5 nitrogen and oxygen atoms in total. The number of amides is 1. The molecule has 0 saturated carbocycles. The predicted molar refractivity (Wildman–Crippen MR) is 79.5 cm³/mol. The molecule has 1 aliphatic heterocycles. The molecular weight excluding hydrogens is 266 g/mol. The van der Waals surface area contributed by atoms with Gasteiger partial charge in [0.15, 0.2) is 0 Å². The molecule has 1 amide bonds. The van der Waals surface area contributed by atoms with Gasteiger partial charge in [0.1, 0.15) is 11.5 Å². The third-order valence-electron chi connectivity index (χ3n) is 3.37. The summed E-state index contributed by atoms with van der Waals surface area (Å²) in [7, 11) is 0. The number of aromatic nitrogens is 1. The molecule has 1 aromatic heterocycles. The highest BCUT2D eigenvalue weighted by Gasteiger charge is 2.18. The molecule has 1 saturated heterocycles. The Morgan fingerprint density at radius 1 is 1.10 bits per heavy atom. The first-order valence-electron chi connectivity index (χ1n) is 7.01. The molecule has 0 radical (unpaired) electrons. The molecule has 0 aliphatic carbocycles. The van der Waals surface area contributed by atoms with Crippen LogP contribution in [-0.4, -0.2) is 42.0 Å². The van der Waals surface area contributed by atoms with Crippen molar-refractivity contribution >= 4 is 5.91 Å². The molecule has 2 aromatic rings. The summed E-state index contributed by atoms with van der Waals surface area (Å²) in [5.74, 6) is 1.41. The first-order chi connectivity index (χ1) is 10.3. The fourth-order valence-corrected chi connectivity index (χ4v) is 2.29. The van der Waals surface area contributed by atoms with Crippen LogP contribution in [0.25, 0.3) is 0 Å². The van der Waals surface area contributed by atoms with Gasteiger partial charge in [0.25, 0.3) is 5.91 Å². The van der Waals surface area contributed by atoms with E-state index < -0.39 is 0 Å². The number of hydrogen-bond donors (Lipinski definition) is 1. The summed E-state index contributed by atoms with van der Waals surface area (Å²) >= 11 is 0. The minimum Gasteiger partial charge on any atom is -0.457 e. The van der Waals surface area contributed by atoms with Crippen molar-refractivity contribution in [1.82, 2.24) is 15.2 Å². The first-order valence-corrected chi connectivity index (χ1v) is 7.01. The molecule has 21 heavy (non-hydrogen) atoms. The number of ether oxygens (including phenoxy) is 1. The first kappa shape index (κ1) is 13.6. The van der Waals surface area contributed by atoms with Gasteiger partial charge in [0.2, 0.25) is 0 Å². The average Bonchev–Trinajstić information content (AvgIpc) is 2.56. The fraction of sp³-hybridized carbons (Fsp3) is 0.250. The maximum atomic E-state index is 12.4. The third-order valence-corrected chi connectivity index (χ3v) is 3.37.